The van der Waals surface area contributed by atoms with E-state index in [9.17, 15) is 14.4 Å². The number of aromatic carboxylic acids is 1. The molecule has 0 aromatic heterocycles. The van der Waals surface area contributed by atoms with Gasteiger partial charge in [-0.15, -0.1) is 0 Å². The monoisotopic (exact) mass is 399 g/mol. The molecule has 0 aliphatic heterocycles. The van der Waals surface area contributed by atoms with Crippen molar-refractivity contribution in [1.29, 1.82) is 0 Å². The molecule has 0 radical (unpaired) electrons. The Balaban J connectivity index is 1.94. The summed E-state index contributed by atoms with van der Waals surface area (Å²) in [6, 6.07) is 11.3. The van der Waals surface area contributed by atoms with Gasteiger partial charge >= 0.3 is 17.8 Å². The topological polar surface area (TPSA) is 126 Å². The summed E-state index contributed by atoms with van der Waals surface area (Å²) in [5.41, 5.74) is 3.29. The highest BCUT2D eigenvalue weighted by molar-refractivity contribution is 6.35. The molecule has 2 aromatic rings. The molecule has 0 heterocycles. The predicted molar refractivity (Wildman–Crippen MR) is 105 cm³/mol. The van der Waals surface area contributed by atoms with E-state index < -0.39 is 17.8 Å². The zero-order valence-electron chi connectivity index (χ0n) is 16.0. The number of carbonyl (C=O) groups excluding carboxylic acids is 2. The highest BCUT2D eigenvalue weighted by Crippen LogP contribution is 2.18. The standard InChI is InChI=1S/C20H21N3O6/c1-3-29-17-9-6-14(20(26)27)10-15(17)12-22-23-19(25)18(24)21-11-13-4-7-16(28-2)8-5-13/h4-10,12H,3,11H2,1-2H3,(H,21,24)(H,23,25)(H,26,27)/b22-12-. The Labute approximate surface area is 167 Å². The molecule has 0 aliphatic rings. The van der Waals surface area contributed by atoms with Gasteiger partial charge in [0.1, 0.15) is 11.5 Å². The Hall–Kier alpha value is -3.88. The molecule has 9 nitrogen and oxygen atoms in total. The lowest BCUT2D eigenvalue weighted by atomic mass is 10.1. The van der Waals surface area contributed by atoms with Gasteiger partial charge in [-0.05, 0) is 42.8 Å². The first-order valence-electron chi connectivity index (χ1n) is 8.69. The third-order valence-corrected chi connectivity index (χ3v) is 3.74. The van der Waals surface area contributed by atoms with Gasteiger partial charge < -0.3 is 19.9 Å². The average molecular weight is 399 g/mol. The fourth-order valence-corrected chi connectivity index (χ4v) is 2.29. The molecule has 0 fully saturated rings. The van der Waals surface area contributed by atoms with Crippen LogP contribution in [-0.2, 0) is 16.1 Å². The van der Waals surface area contributed by atoms with E-state index in [1.165, 1.54) is 24.4 Å². The lowest BCUT2D eigenvalue weighted by molar-refractivity contribution is -0.139. The third-order valence-electron chi connectivity index (χ3n) is 3.74. The average Bonchev–Trinajstić information content (AvgIpc) is 2.73. The fourth-order valence-electron chi connectivity index (χ4n) is 2.29. The molecule has 0 spiro atoms. The number of rotatable bonds is 8. The van der Waals surface area contributed by atoms with Crippen LogP contribution >= 0.6 is 0 Å². The number of hydrogen-bond acceptors (Lipinski definition) is 6. The van der Waals surface area contributed by atoms with Crippen LogP contribution in [0.25, 0.3) is 0 Å². The maximum Gasteiger partial charge on any atom is 0.335 e. The van der Waals surface area contributed by atoms with Gasteiger partial charge in [-0.3, -0.25) is 9.59 Å². The van der Waals surface area contributed by atoms with Crippen LogP contribution in [0.2, 0.25) is 0 Å². The molecule has 0 atom stereocenters. The highest BCUT2D eigenvalue weighted by atomic mass is 16.5. The Morgan fingerprint density at radius 3 is 2.45 bits per heavy atom. The van der Waals surface area contributed by atoms with Crippen molar-refractivity contribution in [1.82, 2.24) is 10.7 Å². The lowest BCUT2D eigenvalue weighted by Crippen LogP contribution is -2.37. The number of hydrogen-bond donors (Lipinski definition) is 3. The molecule has 9 heteroatoms. The smallest absolute Gasteiger partial charge is 0.335 e. The van der Waals surface area contributed by atoms with Gasteiger partial charge in [0.2, 0.25) is 0 Å². The first-order chi connectivity index (χ1) is 13.9. The number of amides is 2. The quantitative estimate of drug-likeness (QED) is 0.351. The Morgan fingerprint density at radius 2 is 1.83 bits per heavy atom. The van der Waals surface area contributed by atoms with Gasteiger partial charge in [0.25, 0.3) is 0 Å². The van der Waals surface area contributed by atoms with Crippen molar-refractivity contribution in [2.75, 3.05) is 13.7 Å². The number of nitrogens with one attached hydrogen (secondary N) is 2. The van der Waals surface area contributed by atoms with Gasteiger partial charge in [-0.2, -0.15) is 5.10 Å². The summed E-state index contributed by atoms with van der Waals surface area (Å²) in [5, 5.41) is 15.3. The minimum absolute atomic E-state index is 0.0402. The van der Waals surface area contributed by atoms with Gasteiger partial charge in [-0.1, -0.05) is 12.1 Å². The molecule has 29 heavy (non-hydrogen) atoms. The molecule has 152 valence electrons. The second-order valence-electron chi connectivity index (χ2n) is 5.72. The molecule has 0 aliphatic carbocycles. The summed E-state index contributed by atoms with van der Waals surface area (Å²) in [5.74, 6) is -1.83. The van der Waals surface area contributed by atoms with E-state index in [0.29, 0.717) is 23.7 Å². The molecular formula is C20H21N3O6. The Kier molecular flexibility index (Phi) is 7.72. The van der Waals surface area contributed by atoms with Crippen LogP contribution < -0.4 is 20.2 Å². The number of nitrogens with zero attached hydrogens (tertiary/aromatic N) is 1. The van der Waals surface area contributed by atoms with Gasteiger partial charge in [-0.25, -0.2) is 10.2 Å². The maximum absolute atomic E-state index is 11.9. The lowest BCUT2D eigenvalue weighted by Gasteiger charge is -2.08. The molecule has 2 aromatic carbocycles. The summed E-state index contributed by atoms with van der Waals surface area (Å²) in [4.78, 5) is 34.8. The van der Waals surface area contributed by atoms with E-state index in [1.54, 1.807) is 38.3 Å². The summed E-state index contributed by atoms with van der Waals surface area (Å²) < 4.78 is 10.4. The summed E-state index contributed by atoms with van der Waals surface area (Å²) in [7, 11) is 1.55. The summed E-state index contributed by atoms with van der Waals surface area (Å²) >= 11 is 0. The molecule has 0 saturated heterocycles. The van der Waals surface area contributed by atoms with Crippen molar-refractivity contribution in [2.45, 2.75) is 13.5 Å². The van der Waals surface area contributed by atoms with Crippen LogP contribution in [0.3, 0.4) is 0 Å². The molecule has 0 bridgehead atoms. The van der Waals surface area contributed by atoms with Crippen molar-refractivity contribution in [3.63, 3.8) is 0 Å². The van der Waals surface area contributed by atoms with E-state index in [4.69, 9.17) is 14.6 Å². The maximum atomic E-state index is 11.9. The van der Waals surface area contributed by atoms with E-state index in [-0.39, 0.29) is 12.1 Å². The van der Waals surface area contributed by atoms with E-state index in [2.05, 4.69) is 15.8 Å². The van der Waals surface area contributed by atoms with Crippen molar-refractivity contribution in [3.05, 3.63) is 59.2 Å². The Bertz CT molecular complexity index is 909. The fraction of sp³-hybridized carbons (Fsp3) is 0.200. The molecule has 0 saturated carbocycles. The van der Waals surface area contributed by atoms with Gasteiger partial charge in [0.15, 0.2) is 0 Å². The van der Waals surface area contributed by atoms with Gasteiger partial charge in [0, 0.05) is 12.1 Å². The second kappa shape index (κ2) is 10.5. The number of carboxylic acid groups (broad SMARTS) is 1. The van der Waals surface area contributed by atoms with Crippen LogP contribution in [0.5, 0.6) is 11.5 Å². The normalized spacial score (nSPS) is 10.4. The number of carbonyl (C=O) groups is 3. The minimum Gasteiger partial charge on any atom is -0.497 e. The van der Waals surface area contributed by atoms with Crippen molar-refractivity contribution in [3.8, 4) is 11.5 Å². The van der Waals surface area contributed by atoms with Gasteiger partial charge in [0.05, 0.1) is 25.5 Å². The molecular weight excluding hydrogens is 378 g/mol. The SMILES string of the molecule is CCOc1ccc(C(=O)O)cc1/C=N\NC(=O)C(=O)NCc1ccc(OC)cc1. The first kappa shape index (κ1) is 21.4. The van der Waals surface area contributed by atoms with E-state index >= 15 is 0 Å². The number of hydrazone groups is 1. The third kappa shape index (κ3) is 6.35. The van der Waals surface area contributed by atoms with Crippen LogP contribution in [0.1, 0.15) is 28.4 Å². The first-order valence-corrected chi connectivity index (χ1v) is 8.69. The van der Waals surface area contributed by atoms with Crippen molar-refractivity contribution < 1.29 is 29.0 Å². The molecule has 2 amide bonds. The number of ether oxygens (including phenoxy) is 2. The second-order valence-corrected chi connectivity index (χ2v) is 5.72. The summed E-state index contributed by atoms with van der Waals surface area (Å²) in [6.07, 6.45) is 1.21. The number of carboxylic acids is 1. The van der Waals surface area contributed by atoms with Crippen molar-refractivity contribution >= 4 is 24.0 Å². The molecule has 2 rings (SSSR count). The molecule has 3 N–H and O–H groups in total. The largest absolute Gasteiger partial charge is 0.497 e. The number of methoxy groups -OCH3 is 1. The molecule has 0 unspecified atom stereocenters. The minimum atomic E-state index is -1.11. The van der Waals surface area contributed by atoms with E-state index in [1.807, 2.05) is 0 Å². The van der Waals surface area contributed by atoms with Crippen LogP contribution in [-0.4, -0.2) is 42.8 Å². The van der Waals surface area contributed by atoms with Crippen LogP contribution in [0.15, 0.2) is 47.6 Å². The van der Waals surface area contributed by atoms with E-state index in [0.717, 1.165) is 5.56 Å². The Morgan fingerprint density at radius 1 is 1.10 bits per heavy atom. The number of benzene rings is 2. The summed E-state index contributed by atoms with van der Waals surface area (Å²) in [6.45, 7) is 2.31. The highest BCUT2D eigenvalue weighted by Gasteiger charge is 2.13. The van der Waals surface area contributed by atoms with Crippen molar-refractivity contribution in [2.24, 2.45) is 5.10 Å². The predicted octanol–water partition coefficient (Wildman–Crippen LogP) is 1.56. The van der Waals surface area contributed by atoms with Crippen LogP contribution in [0, 0.1) is 0 Å². The van der Waals surface area contributed by atoms with Crippen LogP contribution in [0.4, 0.5) is 0 Å². The zero-order valence-corrected chi connectivity index (χ0v) is 16.0. The zero-order chi connectivity index (χ0) is 21.2.